The zero-order valence-corrected chi connectivity index (χ0v) is 17.8. The Balaban J connectivity index is 1.61. The molecule has 3 rings (SSSR count). The maximum atomic E-state index is 12.9. The highest BCUT2D eigenvalue weighted by Crippen LogP contribution is 2.25. The number of thiazole rings is 1. The third-order valence-electron chi connectivity index (χ3n) is 4.74. The number of nitrogens with zero attached hydrogens (tertiary/aromatic N) is 3. The zero-order chi connectivity index (χ0) is 20.8. The summed E-state index contributed by atoms with van der Waals surface area (Å²) in [6, 6.07) is 7.05. The summed E-state index contributed by atoms with van der Waals surface area (Å²) >= 11 is 1.36. The van der Waals surface area contributed by atoms with Crippen LogP contribution in [0.4, 0.5) is 10.8 Å². The van der Waals surface area contributed by atoms with Gasteiger partial charge in [0.2, 0.25) is 5.91 Å². The quantitative estimate of drug-likeness (QED) is 0.685. The lowest BCUT2D eigenvalue weighted by Gasteiger charge is -2.23. The minimum absolute atomic E-state index is 0.0930. The molecule has 1 atom stereocenters. The molecular formula is C20H27N5O3S. The van der Waals surface area contributed by atoms with Crippen LogP contribution in [0.15, 0.2) is 29.6 Å². The second kappa shape index (κ2) is 9.71. The molecule has 156 valence electrons. The highest BCUT2D eigenvalue weighted by molar-refractivity contribution is 7.14. The van der Waals surface area contributed by atoms with E-state index in [1.165, 1.54) is 11.3 Å². The molecule has 2 amide bonds. The molecule has 1 aliphatic heterocycles. The number of likely N-dealkylation sites (tertiary alicyclic amines) is 1. The van der Waals surface area contributed by atoms with Crippen molar-refractivity contribution in [2.75, 3.05) is 46.2 Å². The Morgan fingerprint density at radius 1 is 1.31 bits per heavy atom. The summed E-state index contributed by atoms with van der Waals surface area (Å²) in [5.74, 6) is 0.480. The minimum atomic E-state index is -0.427. The van der Waals surface area contributed by atoms with E-state index < -0.39 is 6.04 Å². The molecule has 1 aromatic carbocycles. The van der Waals surface area contributed by atoms with E-state index in [-0.39, 0.29) is 11.8 Å². The minimum Gasteiger partial charge on any atom is -0.497 e. The molecular weight excluding hydrogens is 390 g/mol. The summed E-state index contributed by atoms with van der Waals surface area (Å²) in [5.41, 5.74) is 1.22. The lowest BCUT2D eigenvalue weighted by Crippen LogP contribution is -2.47. The second-order valence-electron chi connectivity index (χ2n) is 7.14. The van der Waals surface area contributed by atoms with Crippen molar-refractivity contribution in [1.29, 1.82) is 0 Å². The second-order valence-corrected chi connectivity index (χ2v) is 8.00. The van der Waals surface area contributed by atoms with Gasteiger partial charge in [-0.15, -0.1) is 11.3 Å². The molecule has 0 spiro atoms. The van der Waals surface area contributed by atoms with E-state index in [0.717, 1.165) is 24.4 Å². The molecule has 8 nitrogen and oxygen atoms in total. The standard InChI is InChI=1S/C20H27N5O3S/c1-24(2)12-10-21-18(26)17-5-4-11-25(17)19(27)16-13-29-20(23-16)22-14-6-8-15(28-3)9-7-14/h6-9,13,17H,4-5,10-12H2,1-3H3,(H,21,26)(H,22,23). The predicted molar refractivity (Wildman–Crippen MR) is 114 cm³/mol. The van der Waals surface area contributed by atoms with Gasteiger partial charge in [0.1, 0.15) is 17.5 Å². The molecule has 2 heterocycles. The maximum absolute atomic E-state index is 12.9. The number of carbonyl (C=O) groups is 2. The van der Waals surface area contributed by atoms with Crippen molar-refractivity contribution >= 4 is 34.0 Å². The van der Waals surface area contributed by atoms with Crippen molar-refractivity contribution in [3.05, 3.63) is 35.3 Å². The Bertz CT molecular complexity index is 837. The number of carbonyl (C=O) groups excluding carboxylic acids is 2. The number of amides is 2. The molecule has 0 aliphatic carbocycles. The van der Waals surface area contributed by atoms with Crippen molar-refractivity contribution in [1.82, 2.24) is 20.1 Å². The maximum Gasteiger partial charge on any atom is 0.274 e. The van der Waals surface area contributed by atoms with E-state index in [2.05, 4.69) is 15.6 Å². The van der Waals surface area contributed by atoms with Crippen molar-refractivity contribution in [2.24, 2.45) is 0 Å². The number of aromatic nitrogens is 1. The van der Waals surface area contributed by atoms with Crippen LogP contribution in [0.2, 0.25) is 0 Å². The van der Waals surface area contributed by atoms with Crippen molar-refractivity contribution in [3.8, 4) is 5.75 Å². The highest BCUT2D eigenvalue weighted by Gasteiger charge is 2.35. The number of hydrogen-bond donors (Lipinski definition) is 2. The smallest absolute Gasteiger partial charge is 0.274 e. The van der Waals surface area contributed by atoms with Crippen molar-refractivity contribution in [3.63, 3.8) is 0 Å². The number of ether oxygens (including phenoxy) is 1. The molecule has 2 N–H and O–H groups in total. The highest BCUT2D eigenvalue weighted by atomic mass is 32.1. The summed E-state index contributed by atoms with van der Waals surface area (Å²) in [6.07, 6.45) is 1.50. The molecule has 1 fully saturated rings. The fourth-order valence-electron chi connectivity index (χ4n) is 3.18. The van der Waals surface area contributed by atoms with Crippen LogP contribution in [0.1, 0.15) is 23.3 Å². The third-order valence-corrected chi connectivity index (χ3v) is 5.50. The van der Waals surface area contributed by atoms with Gasteiger partial charge in [-0.05, 0) is 51.2 Å². The van der Waals surface area contributed by atoms with Gasteiger partial charge in [0.05, 0.1) is 7.11 Å². The summed E-state index contributed by atoms with van der Waals surface area (Å²) in [4.78, 5) is 33.5. The number of benzene rings is 1. The first-order chi connectivity index (χ1) is 14.0. The number of anilines is 2. The van der Waals surface area contributed by atoms with E-state index in [1.54, 1.807) is 17.4 Å². The van der Waals surface area contributed by atoms with Gasteiger partial charge >= 0.3 is 0 Å². The van der Waals surface area contributed by atoms with Crippen LogP contribution in [-0.2, 0) is 4.79 Å². The topological polar surface area (TPSA) is 86.8 Å². The van der Waals surface area contributed by atoms with Gasteiger partial charge < -0.3 is 25.2 Å². The van der Waals surface area contributed by atoms with Crippen LogP contribution in [0.3, 0.4) is 0 Å². The van der Waals surface area contributed by atoms with Crippen LogP contribution < -0.4 is 15.4 Å². The lowest BCUT2D eigenvalue weighted by molar-refractivity contribution is -0.124. The fourth-order valence-corrected chi connectivity index (χ4v) is 3.88. The molecule has 0 radical (unpaired) electrons. The molecule has 0 saturated carbocycles. The Hall–Kier alpha value is -2.65. The van der Waals surface area contributed by atoms with Gasteiger partial charge in [-0.25, -0.2) is 4.98 Å². The Morgan fingerprint density at radius 2 is 2.07 bits per heavy atom. The Labute approximate surface area is 174 Å². The molecule has 1 saturated heterocycles. The zero-order valence-electron chi connectivity index (χ0n) is 17.0. The van der Waals surface area contributed by atoms with Gasteiger partial charge in [-0.2, -0.15) is 0 Å². The Kier molecular flexibility index (Phi) is 7.05. The van der Waals surface area contributed by atoms with Gasteiger partial charge in [0.25, 0.3) is 5.91 Å². The SMILES string of the molecule is COc1ccc(Nc2nc(C(=O)N3CCCC3C(=O)NCCN(C)C)cs2)cc1. The third kappa shape index (κ3) is 5.45. The largest absolute Gasteiger partial charge is 0.497 e. The van der Waals surface area contributed by atoms with E-state index in [0.29, 0.717) is 30.3 Å². The molecule has 0 bridgehead atoms. The van der Waals surface area contributed by atoms with Crippen molar-refractivity contribution in [2.45, 2.75) is 18.9 Å². The van der Waals surface area contributed by atoms with E-state index >= 15 is 0 Å². The van der Waals surface area contributed by atoms with E-state index in [9.17, 15) is 9.59 Å². The van der Waals surface area contributed by atoms with Gasteiger partial charge in [-0.1, -0.05) is 0 Å². The van der Waals surface area contributed by atoms with Crippen LogP contribution in [-0.4, -0.2) is 73.5 Å². The van der Waals surface area contributed by atoms with Crippen LogP contribution in [0.5, 0.6) is 5.75 Å². The average molecular weight is 418 g/mol. The Morgan fingerprint density at radius 3 is 2.76 bits per heavy atom. The summed E-state index contributed by atoms with van der Waals surface area (Å²) in [7, 11) is 5.53. The molecule has 2 aromatic rings. The molecule has 1 aliphatic rings. The fraction of sp³-hybridized carbons (Fsp3) is 0.450. The molecule has 29 heavy (non-hydrogen) atoms. The first kappa shape index (κ1) is 21.1. The average Bonchev–Trinajstić information content (AvgIpc) is 3.37. The van der Waals surface area contributed by atoms with Gasteiger partial charge in [0, 0.05) is 30.7 Å². The van der Waals surface area contributed by atoms with Crippen molar-refractivity contribution < 1.29 is 14.3 Å². The van der Waals surface area contributed by atoms with Crippen LogP contribution >= 0.6 is 11.3 Å². The van der Waals surface area contributed by atoms with Gasteiger partial charge in [0.15, 0.2) is 5.13 Å². The monoisotopic (exact) mass is 417 g/mol. The number of hydrogen-bond acceptors (Lipinski definition) is 7. The number of nitrogens with one attached hydrogen (secondary N) is 2. The summed E-state index contributed by atoms with van der Waals surface area (Å²) in [5, 5.41) is 8.47. The molecule has 9 heteroatoms. The number of rotatable bonds is 8. The summed E-state index contributed by atoms with van der Waals surface area (Å²) < 4.78 is 5.15. The molecule has 1 unspecified atom stereocenters. The predicted octanol–water partition coefficient (Wildman–Crippen LogP) is 2.18. The van der Waals surface area contributed by atoms with Crippen LogP contribution in [0.25, 0.3) is 0 Å². The molecule has 1 aromatic heterocycles. The number of likely N-dealkylation sites (N-methyl/N-ethyl adjacent to an activating group) is 1. The first-order valence-electron chi connectivity index (χ1n) is 9.58. The lowest BCUT2D eigenvalue weighted by atomic mass is 10.2. The summed E-state index contributed by atoms with van der Waals surface area (Å²) in [6.45, 7) is 1.90. The van der Waals surface area contributed by atoms with Crippen LogP contribution in [0, 0.1) is 0 Å². The first-order valence-corrected chi connectivity index (χ1v) is 10.5. The normalized spacial score (nSPS) is 16.1. The van der Waals surface area contributed by atoms with Gasteiger partial charge in [-0.3, -0.25) is 9.59 Å². The van der Waals surface area contributed by atoms with E-state index in [4.69, 9.17) is 4.74 Å². The number of methoxy groups -OCH3 is 1. The van der Waals surface area contributed by atoms with E-state index in [1.807, 2.05) is 43.3 Å².